The predicted molar refractivity (Wildman–Crippen MR) is 109 cm³/mol. The van der Waals surface area contributed by atoms with Gasteiger partial charge < -0.3 is 19.7 Å². The molecule has 3 aromatic rings. The van der Waals surface area contributed by atoms with Crippen LogP contribution in [0.4, 0.5) is 0 Å². The summed E-state index contributed by atoms with van der Waals surface area (Å²) in [5.41, 5.74) is 3.02. The van der Waals surface area contributed by atoms with Crippen molar-refractivity contribution in [2.75, 3.05) is 0 Å². The zero-order chi connectivity index (χ0) is 19.8. The summed E-state index contributed by atoms with van der Waals surface area (Å²) in [5, 5.41) is 22.7. The molecule has 2 bridgehead atoms. The Bertz CT molecular complexity index is 989. The average molecular weight is 391 g/mol. The number of nitrogens with zero attached hydrogens (tertiary/aromatic N) is 4. The van der Waals surface area contributed by atoms with Crippen molar-refractivity contribution < 1.29 is 9.84 Å². The number of hydrogen-bond acceptors (Lipinski definition) is 6. The molecule has 0 saturated carbocycles. The summed E-state index contributed by atoms with van der Waals surface area (Å²) in [7, 11) is 0. The Labute approximate surface area is 169 Å². The molecule has 7 nitrogen and oxygen atoms in total. The molecule has 2 aromatic heterocycles. The molecule has 0 spiro atoms. The molecule has 0 aliphatic carbocycles. The minimum Gasteiger partial charge on any atom is -0.507 e. The maximum Gasteiger partial charge on any atom is 0.233 e. The molecule has 150 valence electrons. The fourth-order valence-electron chi connectivity index (χ4n) is 4.47. The van der Waals surface area contributed by atoms with E-state index in [0.717, 1.165) is 24.2 Å². The number of aromatic hydroxyl groups is 1. The van der Waals surface area contributed by atoms with Gasteiger partial charge in [-0.15, -0.1) is 10.2 Å². The highest BCUT2D eigenvalue weighted by Crippen LogP contribution is 2.31. The summed E-state index contributed by atoms with van der Waals surface area (Å²) < 4.78 is 7.98. The lowest BCUT2D eigenvalue weighted by molar-refractivity contribution is 0.0881. The number of phenols is 1. The Morgan fingerprint density at radius 3 is 2.59 bits per heavy atom. The molecule has 2 saturated heterocycles. The van der Waals surface area contributed by atoms with Crippen molar-refractivity contribution in [2.45, 2.75) is 57.2 Å². The Morgan fingerprint density at radius 1 is 1.10 bits per heavy atom. The number of fused-ring (bicyclic) bond motifs is 2. The zero-order valence-corrected chi connectivity index (χ0v) is 16.5. The molecule has 5 rings (SSSR count). The van der Waals surface area contributed by atoms with Gasteiger partial charge in [0.15, 0.2) is 0 Å². The second kappa shape index (κ2) is 7.48. The zero-order valence-electron chi connectivity index (χ0n) is 16.5. The smallest absolute Gasteiger partial charge is 0.233 e. The molecule has 2 aliphatic rings. The van der Waals surface area contributed by atoms with Gasteiger partial charge in [-0.2, -0.15) is 0 Å². The number of ether oxygens (including phenoxy) is 1. The lowest BCUT2D eigenvalue weighted by Crippen LogP contribution is -2.51. The number of rotatable bonds is 4. The molecule has 0 unspecified atom stereocenters. The van der Waals surface area contributed by atoms with E-state index < -0.39 is 0 Å². The lowest BCUT2D eigenvalue weighted by atomic mass is 9.85. The van der Waals surface area contributed by atoms with Gasteiger partial charge in [-0.1, -0.05) is 6.42 Å². The van der Waals surface area contributed by atoms with Crippen LogP contribution in [0.2, 0.25) is 0 Å². The van der Waals surface area contributed by atoms with Crippen LogP contribution in [0.1, 0.15) is 37.8 Å². The maximum absolute atomic E-state index is 10.5. The minimum atomic E-state index is 0.156. The van der Waals surface area contributed by atoms with Gasteiger partial charge in [0.1, 0.15) is 11.9 Å². The Morgan fingerprint density at radius 2 is 1.93 bits per heavy atom. The van der Waals surface area contributed by atoms with Crippen LogP contribution in [0, 0.1) is 6.92 Å². The van der Waals surface area contributed by atoms with Gasteiger partial charge in [0.05, 0.1) is 23.4 Å². The molecule has 7 heteroatoms. The quantitative estimate of drug-likeness (QED) is 0.709. The van der Waals surface area contributed by atoms with E-state index in [1.807, 2.05) is 42.0 Å². The minimum absolute atomic E-state index is 0.156. The Hall–Kier alpha value is -2.93. The number of phenolic OH excluding ortho intramolecular Hbond substituents is 1. The van der Waals surface area contributed by atoms with E-state index in [2.05, 4.69) is 20.5 Å². The third kappa shape index (κ3) is 3.82. The molecule has 0 amide bonds. The first-order valence-corrected chi connectivity index (χ1v) is 10.2. The summed E-state index contributed by atoms with van der Waals surface area (Å²) in [4.78, 5) is 4.22. The van der Waals surface area contributed by atoms with Crippen molar-refractivity contribution in [1.82, 2.24) is 25.1 Å². The van der Waals surface area contributed by atoms with Gasteiger partial charge in [0.25, 0.3) is 0 Å². The molecular formula is C22H25N5O2. The summed E-state index contributed by atoms with van der Waals surface area (Å²) >= 11 is 0. The van der Waals surface area contributed by atoms with Gasteiger partial charge in [0, 0.05) is 36.0 Å². The van der Waals surface area contributed by atoms with Crippen LogP contribution in [0.5, 0.6) is 11.6 Å². The number of piperidine rings is 2. The summed E-state index contributed by atoms with van der Waals surface area (Å²) in [6.45, 7) is 1.93. The Kier molecular flexibility index (Phi) is 4.67. The largest absolute Gasteiger partial charge is 0.507 e. The summed E-state index contributed by atoms with van der Waals surface area (Å²) in [6, 6.07) is 10.3. The normalized spacial score (nSPS) is 23.7. The van der Waals surface area contributed by atoms with E-state index in [1.165, 1.54) is 19.3 Å². The monoisotopic (exact) mass is 391 g/mol. The van der Waals surface area contributed by atoms with Crippen LogP contribution in [-0.2, 0) is 0 Å². The van der Waals surface area contributed by atoms with E-state index >= 15 is 0 Å². The summed E-state index contributed by atoms with van der Waals surface area (Å²) in [5.74, 6) is 0.701. The molecule has 0 radical (unpaired) electrons. The van der Waals surface area contributed by atoms with Gasteiger partial charge in [-0.05, 0) is 50.8 Å². The molecule has 2 aliphatic heterocycles. The number of nitrogens with one attached hydrogen (secondary N) is 1. The van der Waals surface area contributed by atoms with E-state index in [4.69, 9.17) is 4.74 Å². The first kappa shape index (κ1) is 18.1. The van der Waals surface area contributed by atoms with Crippen molar-refractivity contribution in [3.63, 3.8) is 0 Å². The molecule has 1 aromatic carbocycles. The van der Waals surface area contributed by atoms with Gasteiger partial charge >= 0.3 is 0 Å². The topological polar surface area (TPSA) is 85.1 Å². The molecule has 29 heavy (non-hydrogen) atoms. The number of hydrogen-bond donors (Lipinski definition) is 2. The van der Waals surface area contributed by atoms with E-state index in [9.17, 15) is 5.11 Å². The fraction of sp³-hybridized carbons (Fsp3) is 0.409. The molecule has 4 heterocycles. The first-order chi connectivity index (χ1) is 14.1. The van der Waals surface area contributed by atoms with Crippen LogP contribution in [0.3, 0.4) is 0 Å². The van der Waals surface area contributed by atoms with Crippen LogP contribution >= 0.6 is 0 Å². The summed E-state index contributed by atoms with van der Waals surface area (Å²) in [6.07, 6.45) is 9.65. The standard InChI is InChI=1S/C22H25N5O2/c1-14-12-27(13-23-14)17-5-6-19(21(28)11-17)20-7-8-22(26-25-20)29-18-9-15-3-2-4-16(10-18)24-15/h5-8,11-13,15-16,18,24,28H,2-4,9-10H2,1H3/t15-,16+,18-. The van der Waals surface area contributed by atoms with Crippen LogP contribution < -0.4 is 10.1 Å². The van der Waals surface area contributed by atoms with E-state index in [0.29, 0.717) is 29.2 Å². The highest BCUT2D eigenvalue weighted by Gasteiger charge is 2.32. The van der Waals surface area contributed by atoms with Crippen molar-refractivity contribution >= 4 is 0 Å². The van der Waals surface area contributed by atoms with E-state index in [-0.39, 0.29) is 11.9 Å². The van der Waals surface area contributed by atoms with Gasteiger partial charge in [-0.25, -0.2) is 4.98 Å². The number of aromatic nitrogens is 4. The molecule has 2 fully saturated rings. The number of imidazole rings is 1. The Balaban J connectivity index is 1.30. The first-order valence-electron chi connectivity index (χ1n) is 10.2. The fourth-order valence-corrected chi connectivity index (χ4v) is 4.47. The lowest BCUT2D eigenvalue weighted by Gasteiger charge is -2.39. The predicted octanol–water partition coefficient (Wildman–Crippen LogP) is 3.40. The maximum atomic E-state index is 10.5. The SMILES string of the molecule is Cc1cn(-c2ccc(-c3ccc(O[C@@H]4C[C@H]5CCC[C@@H](C4)N5)nn3)c(O)c2)cn1. The molecular weight excluding hydrogens is 366 g/mol. The van der Waals surface area contributed by atoms with E-state index in [1.54, 1.807) is 12.4 Å². The highest BCUT2D eigenvalue weighted by molar-refractivity contribution is 5.68. The van der Waals surface area contributed by atoms with Crippen LogP contribution in [-0.4, -0.2) is 43.0 Å². The molecule has 3 atom stereocenters. The van der Waals surface area contributed by atoms with Crippen molar-refractivity contribution in [1.29, 1.82) is 0 Å². The van der Waals surface area contributed by atoms with Crippen molar-refractivity contribution in [3.8, 4) is 28.6 Å². The second-order valence-corrected chi connectivity index (χ2v) is 8.08. The van der Waals surface area contributed by atoms with Gasteiger partial charge in [-0.3, -0.25) is 0 Å². The average Bonchev–Trinajstić information content (AvgIpc) is 3.15. The van der Waals surface area contributed by atoms with Crippen LogP contribution in [0.25, 0.3) is 16.9 Å². The van der Waals surface area contributed by atoms with Crippen molar-refractivity contribution in [3.05, 3.63) is 48.5 Å². The van der Waals surface area contributed by atoms with Gasteiger partial charge in [0.2, 0.25) is 5.88 Å². The highest BCUT2D eigenvalue weighted by atomic mass is 16.5. The number of aryl methyl sites for hydroxylation is 1. The van der Waals surface area contributed by atoms with Crippen LogP contribution in [0.15, 0.2) is 42.9 Å². The third-order valence-corrected chi connectivity index (χ3v) is 5.87. The van der Waals surface area contributed by atoms with Crippen molar-refractivity contribution in [2.24, 2.45) is 0 Å². The second-order valence-electron chi connectivity index (χ2n) is 8.08. The molecule has 2 N–H and O–H groups in total. The number of benzene rings is 1. The third-order valence-electron chi connectivity index (χ3n) is 5.87.